The minimum atomic E-state index is -0.835. The fourth-order valence-corrected chi connectivity index (χ4v) is 4.45. The van der Waals surface area contributed by atoms with E-state index in [0.29, 0.717) is 22.0 Å². The van der Waals surface area contributed by atoms with E-state index in [1.807, 2.05) is 66.7 Å². The van der Waals surface area contributed by atoms with E-state index in [4.69, 9.17) is 34.0 Å². The maximum atomic E-state index is 13.0. The summed E-state index contributed by atoms with van der Waals surface area (Å²) in [6.45, 7) is 0. The quantitative estimate of drug-likeness (QED) is 0.255. The molecule has 39 heavy (non-hydrogen) atoms. The van der Waals surface area contributed by atoms with Crippen LogP contribution in [-0.2, 0) is 11.2 Å². The monoisotopic (exact) mass is 555 g/mol. The summed E-state index contributed by atoms with van der Waals surface area (Å²) >= 11 is 12.4. The number of halogens is 2. The summed E-state index contributed by atoms with van der Waals surface area (Å²) in [5.74, 6) is -0.993. The molecule has 5 aromatic rings. The summed E-state index contributed by atoms with van der Waals surface area (Å²) in [7, 11) is 0. The van der Waals surface area contributed by atoms with Gasteiger partial charge in [-0.15, -0.1) is 0 Å². The summed E-state index contributed by atoms with van der Waals surface area (Å²) in [5, 5.41) is 8.40. The van der Waals surface area contributed by atoms with E-state index in [-0.39, 0.29) is 0 Å². The molecule has 0 spiro atoms. The number of benzene rings is 3. The lowest BCUT2D eigenvalue weighted by molar-refractivity contribution is -0.119. The van der Waals surface area contributed by atoms with Gasteiger partial charge in [-0.3, -0.25) is 14.6 Å². The highest BCUT2D eigenvalue weighted by atomic mass is 35.5. The zero-order chi connectivity index (χ0) is 27.4. The highest BCUT2D eigenvalue weighted by Gasteiger charge is 2.20. The SMILES string of the molecule is NC(=O)[C@@H](Cc1ccccc1)NC(=O)c1ccc(-c2cc(-c3cccnc3)nn2-c2ccc(Cl)c(Cl)c2)cc1. The fourth-order valence-electron chi connectivity index (χ4n) is 4.16. The third-order valence-electron chi connectivity index (χ3n) is 6.19. The zero-order valence-electron chi connectivity index (χ0n) is 20.6. The molecule has 0 saturated carbocycles. The first-order chi connectivity index (χ1) is 18.9. The normalized spacial score (nSPS) is 11.6. The number of aromatic nitrogens is 3. The van der Waals surface area contributed by atoms with Crippen LogP contribution in [-0.4, -0.2) is 32.6 Å². The highest BCUT2D eigenvalue weighted by molar-refractivity contribution is 6.42. The lowest BCUT2D eigenvalue weighted by Crippen LogP contribution is -2.45. The van der Waals surface area contributed by atoms with Gasteiger partial charge in [-0.25, -0.2) is 4.68 Å². The Hall–Kier alpha value is -4.46. The summed E-state index contributed by atoms with van der Waals surface area (Å²) in [6, 6.07) is 26.6. The van der Waals surface area contributed by atoms with E-state index < -0.39 is 17.9 Å². The average molecular weight is 556 g/mol. The van der Waals surface area contributed by atoms with E-state index in [1.54, 1.807) is 41.3 Å². The molecular formula is C30H23Cl2N5O2. The smallest absolute Gasteiger partial charge is 0.251 e. The highest BCUT2D eigenvalue weighted by Crippen LogP contribution is 2.31. The number of pyridine rings is 1. The van der Waals surface area contributed by atoms with Crippen molar-refractivity contribution in [3.05, 3.63) is 125 Å². The van der Waals surface area contributed by atoms with Gasteiger partial charge in [-0.1, -0.05) is 65.7 Å². The van der Waals surface area contributed by atoms with Crippen LogP contribution < -0.4 is 11.1 Å². The number of nitrogens with two attached hydrogens (primary N) is 1. The predicted octanol–water partition coefficient (Wildman–Crippen LogP) is 5.73. The Bertz CT molecular complexity index is 1620. The van der Waals surface area contributed by atoms with Crippen molar-refractivity contribution < 1.29 is 9.59 Å². The van der Waals surface area contributed by atoms with Gasteiger partial charge in [-0.05, 0) is 54.1 Å². The molecule has 1 atom stereocenters. The molecule has 3 N–H and O–H groups in total. The molecule has 0 aliphatic carbocycles. The van der Waals surface area contributed by atoms with Crippen LogP contribution >= 0.6 is 23.2 Å². The van der Waals surface area contributed by atoms with Crippen molar-refractivity contribution in [3.8, 4) is 28.2 Å². The van der Waals surface area contributed by atoms with E-state index in [0.717, 1.165) is 33.8 Å². The maximum absolute atomic E-state index is 13.0. The second kappa shape index (κ2) is 11.5. The van der Waals surface area contributed by atoms with Gasteiger partial charge in [-0.2, -0.15) is 5.10 Å². The third-order valence-corrected chi connectivity index (χ3v) is 6.93. The van der Waals surface area contributed by atoms with Gasteiger partial charge < -0.3 is 11.1 Å². The molecular weight excluding hydrogens is 533 g/mol. The Morgan fingerprint density at radius 3 is 2.31 bits per heavy atom. The Morgan fingerprint density at radius 1 is 0.872 bits per heavy atom. The molecule has 0 saturated heterocycles. The molecule has 2 amide bonds. The largest absolute Gasteiger partial charge is 0.368 e. The molecule has 0 aliphatic heterocycles. The van der Waals surface area contributed by atoms with E-state index in [2.05, 4.69) is 10.3 Å². The molecule has 194 valence electrons. The molecule has 2 heterocycles. The van der Waals surface area contributed by atoms with Gasteiger partial charge in [0, 0.05) is 35.5 Å². The Morgan fingerprint density at radius 2 is 1.64 bits per heavy atom. The first-order valence-corrected chi connectivity index (χ1v) is 12.8. The Balaban J connectivity index is 1.44. The standard InChI is InChI=1S/C30H23Cl2N5O2/c31-24-13-12-23(16-25(24)32)37-28(17-26(36-37)22-7-4-14-34-18-22)20-8-10-21(11-9-20)30(39)35-27(29(33)38)15-19-5-2-1-3-6-19/h1-14,16-18,27H,15H2,(H2,33,38)(H,35,39)/t27-/m1/s1. The van der Waals surface area contributed by atoms with Gasteiger partial charge in [0.15, 0.2) is 0 Å². The number of primary amides is 1. The number of hydrogen-bond acceptors (Lipinski definition) is 4. The summed E-state index contributed by atoms with van der Waals surface area (Å²) < 4.78 is 1.77. The van der Waals surface area contributed by atoms with Gasteiger partial charge >= 0.3 is 0 Å². The van der Waals surface area contributed by atoms with E-state index in [1.165, 1.54) is 0 Å². The molecule has 5 rings (SSSR count). The van der Waals surface area contributed by atoms with Crippen LogP contribution in [0, 0.1) is 0 Å². The molecule has 7 nitrogen and oxygen atoms in total. The van der Waals surface area contributed by atoms with Crippen molar-refractivity contribution in [2.45, 2.75) is 12.5 Å². The number of nitrogens with one attached hydrogen (secondary N) is 1. The lowest BCUT2D eigenvalue weighted by Gasteiger charge is -2.16. The summed E-state index contributed by atoms with van der Waals surface area (Å²) in [5.41, 5.74) is 10.7. The molecule has 9 heteroatoms. The van der Waals surface area contributed by atoms with Gasteiger partial charge in [0.25, 0.3) is 5.91 Å². The van der Waals surface area contributed by atoms with Crippen molar-refractivity contribution >= 4 is 35.0 Å². The summed E-state index contributed by atoms with van der Waals surface area (Å²) in [4.78, 5) is 29.2. The number of nitrogens with zero attached hydrogens (tertiary/aromatic N) is 3. The number of hydrogen-bond donors (Lipinski definition) is 2. The number of amides is 2. The average Bonchev–Trinajstić information content (AvgIpc) is 3.41. The van der Waals surface area contributed by atoms with Crippen molar-refractivity contribution in [1.82, 2.24) is 20.1 Å². The van der Waals surface area contributed by atoms with E-state index in [9.17, 15) is 9.59 Å². The van der Waals surface area contributed by atoms with Gasteiger partial charge in [0.05, 0.1) is 27.1 Å². The zero-order valence-corrected chi connectivity index (χ0v) is 22.1. The van der Waals surface area contributed by atoms with Crippen LogP contribution in [0.2, 0.25) is 10.0 Å². The lowest BCUT2D eigenvalue weighted by atomic mass is 10.0. The molecule has 2 aromatic heterocycles. The maximum Gasteiger partial charge on any atom is 0.251 e. The van der Waals surface area contributed by atoms with Crippen LogP contribution in [0.5, 0.6) is 0 Å². The topological polar surface area (TPSA) is 103 Å². The van der Waals surface area contributed by atoms with Crippen molar-refractivity contribution in [2.24, 2.45) is 5.73 Å². The molecule has 0 aliphatic rings. The molecule has 0 unspecified atom stereocenters. The number of carbonyl (C=O) groups is 2. The second-order valence-electron chi connectivity index (χ2n) is 8.86. The Labute approximate surface area is 235 Å². The first kappa shape index (κ1) is 26.2. The van der Waals surface area contributed by atoms with Crippen molar-refractivity contribution in [3.63, 3.8) is 0 Å². The van der Waals surface area contributed by atoms with Crippen LogP contribution in [0.4, 0.5) is 0 Å². The van der Waals surface area contributed by atoms with Crippen LogP contribution in [0.15, 0.2) is 103 Å². The second-order valence-corrected chi connectivity index (χ2v) is 9.68. The molecule has 0 radical (unpaired) electrons. The van der Waals surface area contributed by atoms with E-state index >= 15 is 0 Å². The minimum absolute atomic E-state index is 0.306. The molecule has 3 aromatic carbocycles. The number of carbonyl (C=O) groups excluding carboxylic acids is 2. The van der Waals surface area contributed by atoms with Crippen molar-refractivity contribution in [1.29, 1.82) is 0 Å². The predicted molar refractivity (Wildman–Crippen MR) is 153 cm³/mol. The third kappa shape index (κ3) is 6.00. The van der Waals surface area contributed by atoms with Crippen molar-refractivity contribution in [2.75, 3.05) is 0 Å². The van der Waals surface area contributed by atoms with Crippen LogP contribution in [0.25, 0.3) is 28.2 Å². The minimum Gasteiger partial charge on any atom is -0.368 e. The van der Waals surface area contributed by atoms with Crippen LogP contribution in [0.1, 0.15) is 15.9 Å². The summed E-state index contributed by atoms with van der Waals surface area (Å²) in [6.07, 6.45) is 3.75. The number of rotatable bonds is 8. The Kier molecular flexibility index (Phi) is 7.72. The molecule has 0 fully saturated rings. The fraction of sp³-hybridized carbons (Fsp3) is 0.0667. The van der Waals surface area contributed by atoms with Crippen LogP contribution in [0.3, 0.4) is 0 Å². The molecule has 0 bridgehead atoms. The van der Waals surface area contributed by atoms with Gasteiger partial charge in [0.2, 0.25) is 5.91 Å². The van der Waals surface area contributed by atoms with Gasteiger partial charge in [0.1, 0.15) is 6.04 Å². The first-order valence-electron chi connectivity index (χ1n) is 12.1.